The van der Waals surface area contributed by atoms with Crippen molar-refractivity contribution in [2.75, 3.05) is 6.61 Å². The minimum atomic E-state index is -1.01. The van der Waals surface area contributed by atoms with Crippen LogP contribution in [0.1, 0.15) is 39.5 Å². The van der Waals surface area contributed by atoms with Gasteiger partial charge in [-0.2, -0.15) is 0 Å². The van der Waals surface area contributed by atoms with Crippen LogP contribution in [0.3, 0.4) is 0 Å². The first kappa shape index (κ1) is 13.0. The fourth-order valence-corrected chi connectivity index (χ4v) is 1.33. The second-order valence-electron chi connectivity index (χ2n) is 4.24. The number of carbonyl (C=O) groups is 2. The number of ether oxygens (including phenoxy) is 1. The highest BCUT2D eigenvalue weighted by Gasteiger charge is 2.52. The Labute approximate surface area is 95.2 Å². The van der Waals surface area contributed by atoms with Crippen LogP contribution in [0.2, 0.25) is 0 Å². The van der Waals surface area contributed by atoms with Gasteiger partial charge in [-0.25, -0.2) is 4.79 Å². The van der Waals surface area contributed by atoms with Crippen LogP contribution in [-0.4, -0.2) is 35.2 Å². The molecule has 0 aromatic carbocycles. The minimum absolute atomic E-state index is 0.337. The molecule has 0 aliphatic heterocycles. The summed E-state index contributed by atoms with van der Waals surface area (Å²) in [5.41, 5.74) is -1.01. The first-order valence-electron chi connectivity index (χ1n) is 5.69. The van der Waals surface area contributed by atoms with Crippen molar-refractivity contribution < 1.29 is 19.4 Å². The lowest BCUT2D eigenvalue weighted by atomic mass is 10.2. The van der Waals surface area contributed by atoms with E-state index in [0.29, 0.717) is 19.4 Å². The third-order valence-corrected chi connectivity index (χ3v) is 2.76. The number of rotatable bonds is 7. The molecule has 1 atom stereocenters. The topological polar surface area (TPSA) is 75.6 Å². The maximum atomic E-state index is 11.6. The number of unbranched alkanes of at least 4 members (excludes halogenated alkanes) is 1. The van der Waals surface area contributed by atoms with E-state index in [2.05, 4.69) is 5.32 Å². The van der Waals surface area contributed by atoms with Crippen LogP contribution in [-0.2, 0) is 14.3 Å². The molecule has 5 nitrogen and oxygen atoms in total. The highest BCUT2D eigenvalue weighted by molar-refractivity contribution is 5.91. The predicted molar refractivity (Wildman–Crippen MR) is 58.1 cm³/mol. The Kier molecular flexibility index (Phi) is 4.29. The molecule has 1 fully saturated rings. The molecule has 0 aromatic rings. The molecule has 0 heterocycles. The molecule has 0 bridgehead atoms. The maximum Gasteiger partial charge on any atom is 0.329 e. The number of amides is 1. The Morgan fingerprint density at radius 2 is 2.12 bits per heavy atom. The lowest BCUT2D eigenvalue weighted by molar-refractivity contribution is -0.145. The summed E-state index contributed by atoms with van der Waals surface area (Å²) in [5, 5.41) is 11.4. The number of hydrogen-bond acceptors (Lipinski definition) is 3. The smallest absolute Gasteiger partial charge is 0.329 e. The summed E-state index contributed by atoms with van der Waals surface area (Å²) in [7, 11) is 0. The van der Waals surface area contributed by atoms with Gasteiger partial charge in [-0.05, 0) is 26.2 Å². The summed E-state index contributed by atoms with van der Waals surface area (Å²) in [6, 6.07) is 0. The number of hydrogen-bond donors (Lipinski definition) is 2. The van der Waals surface area contributed by atoms with Crippen LogP contribution >= 0.6 is 0 Å². The molecule has 0 saturated heterocycles. The van der Waals surface area contributed by atoms with Gasteiger partial charge in [0.2, 0.25) is 5.91 Å². The SMILES string of the molecule is CCCCOC(C)C(=O)NC1(C(=O)O)CC1. The summed E-state index contributed by atoms with van der Waals surface area (Å²) < 4.78 is 5.29. The Morgan fingerprint density at radius 1 is 1.50 bits per heavy atom. The molecule has 1 aliphatic rings. The van der Waals surface area contributed by atoms with Gasteiger partial charge in [-0.15, -0.1) is 0 Å². The first-order valence-corrected chi connectivity index (χ1v) is 5.69. The lowest BCUT2D eigenvalue weighted by Crippen LogP contribution is -2.47. The summed E-state index contributed by atoms with van der Waals surface area (Å²) in [6.07, 6.45) is 2.35. The Balaban J connectivity index is 2.32. The van der Waals surface area contributed by atoms with Gasteiger partial charge >= 0.3 is 5.97 Å². The van der Waals surface area contributed by atoms with E-state index < -0.39 is 17.6 Å². The van der Waals surface area contributed by atoms with Crippen molar-refractivity contribution in [1.82, 2.24) is 5.32 Å². The second-order valence-corrected chi connectivity index (χ2v) is 4.24. The van der Waals surface area contributed by atoms with Crippen molar-refractivity contribution in [3.05, 3.63) is 0 Å². The zero-order valence-corrected chi connectivity index (χ0v) is 9.78. The van der Waals surface area contributed by atoms with E-state index in [1.165, 1.54) is 0 Å². The molecule has 5 heteroatoms. The summed E-state index contributed by atoms with van der Waals surface area (Å²) in [6.45, 7) is 4.21. The number of aliphatic carboxylic acids is 1. The third-order valence-electron chi connectivity index (χ3n) is 2.76. The minimum Gasteiger partial charge on any atom is -0.480 e. The second kappa shape index (κ2) is 5.30. The molecule has 1 aliphatic carbocycles. The van der Waals surface area contributed by atoms with Crippen molar-refractivity contribution in [2.24, 2.45) is 0 Å². The van der Waals surface area contributed by atoms with E-state index in [4.69, 9.17) is 9.84 Å². The van der Waals surface area contributed by atoms with Gasteiger partial charge in [-0.3, -0.25) is 4.79 Å². The van der Waals surface area contributed by atoms with Crippen molar-refractivity contribution in [1.29, 1.82) is 0 Å². The van der Waals surface area contributed by atoms with Gasteiger partial charge in [0, 0.05) is 6.61 Å². The molecule has 1 unspecified atom stereocenters. The largest absolute Gasteiger partial charge is 0.480 e. The molecule has 1 saturated carbocycles. The van der Waals surface area contributed by atoms with Gasteiger partial charge < -0.3 is 15.2 Å². The molecule has 92 valence electrons. The van der Waals surface area contributed by atoms with E-state index >= 15 is 0 Å². The van der Waals surface area contributed by atoms with Crippen molar-refractivity contribution in [3.63, 3.8) is 0 Å². The van der Waals surface area contributed by atoms with Crippen LogP contribution in [0.15, 0.2) is 0 Å². The predicted octanol–water partition coefficient (Wildman–Crippen LogP) is 0.925. The Hall–Kier alpha value is -1.10. The van der Waals surface area contributed by atoms with Crippen LogP contribution < -0.4 is 5.32 Å². The average Bonchev–Trinajstić information content (AvgIpc) is 2.99. The average molecular weight is 229 g/mol. The quantitative estimate of drug-likeness (QED) is 0.637. The van der Waals surface area contributed by atoms with Crippen LogP contribution in [0.4, 0.5) is 0 Å². The van der Waals surface area contributed by atoms with Crippen LogP contribution in [0, 0.1) is 0 Å². The molecule has 0 aromatic heterocycles. The van der Waals surface area contributed by atoms with Gasteiger partial charge in [0.15, 0.2) is 0 Å². The number of nitrogens with one attached hydrogen (secondary N) is 1. The standard InChI is InChI=1S/C11H19NO4/c1-3-4-7-16-8(2)9(13)12-11(5-6-11)10(14)15/h8H,3-7H2,1-2H3,(H,12,13)(H,14,15). The lowest BCUT2D eigenvalue weighted by Gasteiger charge is -2.17. The van der Waals surface area contributed by atoms with E-state index in [9.17, 15) is 9.59 Å². The van der Waals surface area contributed by atoms with Crippen LogP contribution in [0.25, 0.3) is 0 Å². The molecular weight excluding hydrogens is 210 g/mol. The van der Waals surface area contributed by atoms with E-state index in [1.54, 1.807) is 6.92 Å². The molecule has 2 N–H and O–H groups in total. The summed E-state index contributed by atoms with van der Waals surface area (Å²) in [5.74, 6) is -1.29. The van der Waals surface area contributed by atoms with E-state index in [1.807, 2.05) is 6.92 Å². The number of carbonyl (C=O) groups excluding carboxylic acids is 1. The van der Waals surface area contributed by atoms with Crippen molar-refractivity contribution in [3.8, 4) is 0 Å². The third kappa shape index (κ3) is 3.20. The summed E-state index contributed by atoms with van der Waals surface area (Å²) >= 11 is 0. The first-order chi connectivity index (χ1) is 7.52. The van der Waals surface area contributed by atoms with E-state index in [0.717, 1.165) is 12.8 Å². The van der Waals surface area contributed by atoms with Gasteiger partial charge in [-0.1, -0.05) is 13.3 Å². The van der Waals surface area contributed by atoms with E-state index in [-0.39, 0.29) is 5.91 Å². The zero-order valence-electron chi connectivity index (χ0n) is 9.78. The van der Waals surface area contributed by atoms with Crippen molar-refractivity contribution in [2.45, 2.75) is 51.2 Å². The van der Waals surface area contributed by atoms with Gasteiger partial charge in [0.25, 0.3) is 0 Å². The molecule has 16 heavy (non-hydrogen) atoms. The summed E-state index contributed by atoms with van der Waals surface area (Å²) in [4.78, 5) is 22.4. The monoisotopic (exact) mass is 229 g/mol. The molecule has 1 amide bonds. The van der Waals surface area contributed by atoms with Crippen LogP contribution in [0.5, 0.6) is 0 Å². The van der Waals surface area contributed by atoms with Gasteiger partial charge in [0.05, 0.1) is 0 Å². The highest BCUT2D eigenvalue weighted by atomic mass is 16.5. The zero-order chi connectivity index (χ0) is 12.2. The van der Waals surface area contributed by atoms with Gasteiger partial charge in [0.1, 0.15) is 11.6 Å². The molecule has 0 spiro atoms. The molecular formula is C11H19NO4. The Morgan fingerprint density at radius 3 is 2.56 bits per heavy atom. The normalized spacial score (nSPS) is 18.9. The highest BCUT2D eigenvalue weighted by Crippen LogP contribution is 2.35. The molecule has 0 radical (unpaired) electrons. The fourth-order valence-electron chi connectivity index (χ4n) is 1.33. The number of carboxylic acid groups (broad SMARTS) is 1. The van der Waals surface area contributed by atoms with Crippen molar-refractivity contribution >= 4 is 11.9 Å². The number of carboxylic acids is 1. The maximum absolute atomic E-state index is 11.6. The Bertz CT molecular complexity index is 273. The molecule has 1 rings (SSSR count). The fraction of sp³-hybridized carbons (Fsp3) is 0.818.